The van der Waals surface area contributed by atoms with E-state index >= 15 is 0 Å². The van der Waals surface area contributed by atoms with E-state index in [0.717, 1.165) is 6.07 Å². The zero-order valence-corrected chi connectivity index (χ0v) is 16.0. The van der Waals surface area contributed by atoms with Gasteiger partial charge in [0, 0.05) is 16.3 Å². The van der Waals surface area contributed by atoms with Gasteiger partial charge in [0.25, 0.3) is 0 Å². The van der Waals surface area contributed by atoms with E-state index in [1.165, 1.54) is 30.0 Å². The van der Waals surface area contributed by atoms with Gasteiger partial charge in [-0.05, 0) is 31.2 Å². The van der Waals surface area contributed by atoms with Gasteiger partial charge < -0.3 is 25.2 Å². The van der Waals surface area contributed by atoms with Gasteiger partial charge in [-0.25, -0.2) is 13.6 Å². The third kappa shape index (κ3) is 3.78. The zero-order chi connectivity index (χ0) is 20.6. The number of carboxylic acid groups (broad SMARTS) is 1. The van der Waals surface area contributed by atoms with Gasteiger partial charge in [0.2, 0.25) is 12.2 Å². The average molecular weight is 434 g/mol. The fourth-order valence-electron chi connectivity index (χ4n) is 2.95. The van der Waals surface area contributed by atoms with Crippen LogP contribution in [0.4, 0.5) is 19.3 Å². The van der Waals surface area contributed by atoms with E-state index in [1.54, 1.807) is 0 Å². The lowest BCUT2D eigenvalue weighted by Crippen LogP contribution is -2.43. The maximum Gasteiger partial charge on any atom is 0.512 e. The molecule has 0 saturated carbocycles. The lowest BCUT2D eigenvalue weighted by molar-refractivity contribution is -0.0805. The normalized spacial score (nSPS) is 25.3. The van der Waals surface area contributed by atoms with E-state index in [9.17, 15) is 13.6 Å². The Labute approximate surface area is 168 Å². The predicted octanol–water partition coefficient (Wildman–Crippen LogP) is 3.77. The molecule has 2 aliphatic rings. The molecule has 0 radical (unpaired) electrons. The van der Waals surface area contributed by atoms with Crippen molar-refractivity contribution in [3.63, 3.8) is 0 Å². The minimum absolute atomic E-state index is 0.00311. The van der Waals surface area contributed by atoms with Gasteiger partial charge in [-0.2, -0.15) is 0 Å². The molecule has 0 aromatic heterocycles. The number of aliphatic imine (C=N–C) groups is 1. The summed E-state index contributed by atoms with van der Waals surface area (Å²) in [7, 11) is 0. The van der Waals surface area contributed by atoms with Crippen molar-refractivity contribution >= 4 is 40.9 Å². The van der Waals surface area contributed by atoms with Crippen molar-refractivity contribution in [2.24, 2.45) is 10.7 Å². The van der Waals surface area contributed by atoms with Crippen molar-refractivity contribution in [3.05, 3.63) is 51.6 Å². The number of hydrogen-bond donors (Lipinski definition) is 2. The average Bonchev–Trinajstić information content (AvgIpc) is 2.60. The molecule has 7 nitrogen and oxygen atoms in total. The van der Waals surface area contributed by atoms with E-state index in [0.29, 0.717) is 0 Å². The van der Waals surface area contributed by atoms with E-state index in [4.69, 9.17) is 43.5 Å². The standard InChI is InChI=1S/C17H15Cl2F2N3O4/c1-17(15(21)27-7-13(22)23-17)10-5-9(2-3-12(10)20)24-6-8(18)4-11(19)14(24)28-16(25)26/h2-5,15H,6-7H2,1H3,(H2,22,23)(H,25,26). The number of ether oxygens (including phenoxy) is 2. The van der Waals surface area contributed by atoms with Crippen LogP contribution in [0.1, 0.15) is 12.5 Å². The Hall–Kier alpha value is -2.36. The van der Waals surface area contributed by atoms with E-state index in [-0.39, 0.29) is 46.2 Å². The predicted molar refractivity (Wildman–Crippen MR) is 99.5 cm³/mol. The Bertz CT molecular complexity index is 922. The molecular weight excluding hydrogens is 419 g/mol. The van der Waals surface area contributed by atoms with Crippen molar-refractivity contribution in [2.75, 3.05) is 18.1 Å². The summed E-state index contributed by atoms with van der Waals surface area (Å²) in [6.07, 6.45) is -2.20. The fraction of sp³-hybridized carbons (Fsp3) is 0.294. The summed E-state index contributed by atoms with van der Waals surface area (Å²) in [5, 5.41) is 9.18. The number of allylic oxidation sites excluding steroid dienone is 2. The van der Waals surface area contributed by atoms with Gasteiger partial charge in [-0.1, -0.05) is 23.2 Å². The Balaban J connectivity index is 2.10. The Morgan fingerprint density at radius 3 is 2.89 bits per heavy atom. The van der Waals surface area contributed by atoms with E-state index in [2.05, 4.69) is 4.99 Å². The van der Waals surface area contributed by atoms with Crippen LogP contribution in [0, 0.1) is 5.82 Å². The highest BCUT2D eigenvalue weighted by molar-refractivity contribution is 6.35. The molecule has 1 aromatic carbocycles. The van der Waals surface area contributed by atoms with Crippen molar-refractivity contribution < 1.29 is 28.2 Å². The first-order valence-corrected chi connectivity index (χ1v) is 8.71. The first kappa shape index (κ1) is 20.4. The highest BCUT2D eigenvalue weighted by Crippen LogP contribution is 2.39. The number of carbonyl (C=O) groups is 1. The summed E-state index contributed by atoms with van der Waals surface area (Å²) < 4.78 is 38.8. The minimum atomic E-state index is -1.94. The molecule has 0 spiro atoms. The molecule has 11 heteroatoms. The molecule has 0 bridgehead atoms. The number of anilines is 1. The van der Waals surface area contributed by atoms with E-state index in [1.807, 2.05) is 0 Å². The number of benzene rings is 1. The molecule has 0 saturated heterocycles. The second kappa shape index (κ2) is 7.57. The molecule has 3 N–H and O–H groups in total. The summed E-state index contributed by atoms with van der Waals surface area (Å²) in [6.45, 7) is 1.13. The molecule has 0 fully saturated rings. The second-order valence-corrected chi connectivity index (χ2v) is 7.13. The second-order valence-electron chi connectivity index (χ2n) is 6.24. The largest absolute Gasteiger partial charge is 0.512 e. The van der Waals surface area contributed by atoms with Gasteiger partial charge in [0.1, 0.15) is 28.8 Å². The van der Waals surface area contributed by atoms with Gasteiger partial charge in [-0.15, -0.1) is 0 Å². The summed E-state index contributed by atoms with van der Waals surface area (Å²) >= 11 is 12.1. The van der Waals surface area contributed by atoms with Gasteiger partial charge in [0.05, 0.1) is 6.54 Å². The van der Waals surface area contributed by atoms with Crippen LogP contribution in [0.15, 0.2) is 45.2 Å². The van der Waals surface area contributed by atoms with Crippen LogP contribution in [0.2, 0.25) is 0 Å². The SMILES string of the molecule is CC1(c2cc(N3CC(Cl)=CC(Cl)=C3OC(=O)O)ccc2F)N=C(N)COC1F. The lowest BCUT2D eigenvalue weighted by atomic mass is 9.90. The molecule has 3 rings (SSSR count). The highest BCUT2D eigenvalue weighted by atomic mass is 35.5. The van der Waals surface area contributed by atoms with Crippen molar-refractivity contribution in [1.29, 1.82) is 0 Å². The molecule has 28 heavy (non-hydrogen) atoms. The molecule has 0 amide bonds. The molecule has 2 aliphatic heterocycles. The van der Waals surface area contributed by atoms with Crippen LogP contribution in [0.5, 0.6) is 0 Å². The number of alkyl halides is 1. The first-order valence-electron chi connectivity index (χ1n) is 7.96. The van der Waals surface area contributed by atoms with Crippen LogP contribution in [-0.4, -0.2) is 36.6 Å². The summed E-state index contributed by atoms with van der Waals surface area (Å²) in [4.78, 5) is 16.4. The number of rotatable bonds is 3. The summed E-state index contributed by atoms with van der Waals surface area (Å²) in [5.41, 5.74) is 4.02. The van der Waals surface area contributed by atoms with E-state index < -0.39 is 23.9 Å². The quantitative estimate of drug-likeness (QED) is 0.704. The molecule has 2 unspecified atom stereocenters. The summed E-state index contributed by atoms with van der Waals surface area (Å²) in [5.74, 6) is -0.950. The molecule has 0 aliphatic carbocycles. The topological polar surface area (TPSA) is 97.4 Å². The Morgan fingerprint density at radius 2 is 2.21 bits per heavy atom. The van der Waals surface area contributed by atoms with Crippen molar-refractivity contribution in [3.8, 4) is 0 Å². The minimum Gasteiger partial charge on any atom is -0.449 e. The maximum absolute atomic E-state index is 14.6. The van der Waals surface area contributed by atoms with Crippen LogP contribution in [0.3, 0.4) is 0 Å². The third-order valence-corrected chi connectivity index (χ3v) is 4.73. The number of nitrogens with two attached hydrogens (primary N) is 1. The molecule has 150 valence electrons. The number of nitrogens with zero attached hydrogens (tertiary/aromatic N) is 2. The number of hydrogen-bond acceptors (Lipinski definition) is 6. The van der Waals surface area contributed by atoms with Crippen molar-refractivity contribution in [2.45, 2.75) is 18.8 Å². The molecule has 2 atom stereocenters. The highest BCUT2D eigenvalue weighted by Gasteiger charge is 2.42. The number of halogens is 4. The van der Waals surface area contributed by atoms with Crippen LogP contribution in [0.25, 0.3) is 0 Å². The zero-order valence-electron chi connectivity index (χ0n) is 14.5. The summed E-state index contributed by atoms with van der Waals surface area (Å²) in [6, 6.07) is 3.72. The molecule has 2 heterocycles. The first-order chi connectivity index (χ1) is 13.1. The molecular formula is C17H15Cl2F2N3O4. The third-order valence-electron chi connectivity index (χ3n) is 4.23. The lowest BCUT2D eigenvalue weighted by Gasteiger charge is -2.35. The van der Waals surface area contributed by atoms with Crippen LogP contribution >= 0.6 is 23.2 Å². The van der Waals surface area contributed by atoms with Gasteiger partial charge >= 0.3 is 6.16 Å². The smallest absolute Gasteiger partial charge is 0.449 e. The Morgan fingerprint density at radius 1 is 1.50 bits per heavy atom. The number of amidine groups is 1. The fourth-order valence-corrected chi connectivity index (χ4v) is 3.50. The Kier molecular flexibility index (Phi) is 5.51. The maximum atomic E-state index is 14.6. The molecule has 1 aromatic rings. The van der Waals surface area contributed by atoms with Gasteiger partial charge in [-0.3, -0.25) is 4.99 Å². The van der Waals surface area contributed by atoms with Crippen LogP contribution in [-0.2, 0) is 15.0 Å². The van der Waals surface area contributed by atoms with Crippen molar-refractivity contribution in [1.82, 2.24) is 0 Å². The van der Waals surface area contributed by atoms with Crippen LogP contribution < -0.4 is 10.6 Å². The van der Waals surface area contributed by atoms with Gasteiger partial charge in [0.15, 0.2) is 0 Å². The monoisotopic (exact) mass is 433 g/mol.